The van der Waals surface area contributed by atoms with E-state index in [1.54, 1.807) is 0 Å². The number of ether oxygens (including phenoxy) is 2. The fraction of sp³-hybridized carbons (Fsp3) is 0.706. The molecule has 0 unspecified atom stereocenters. The van der Waals surface area contributed by atoms with Crippen LogP contribution in [-0.4, -0.2) is 68.0 Å². The van der Waals surface area contributed by atoms with Gasteiger partial charge in [-0.15, -0.1) is 0 Å². The van der Waals surface area contributed by atoms with E-state index in [0.29, 0.717) is 19.4 Å². The fourth-order valence-corrected chi connectivity index (χ4v) is 3.53. The van der Waals surface area contributed by atoms with Crippen LogP contribution in [0.15, 0.2) is 17.1 Å². The number of hydrogen-bond acceptors (Lipinski definition) is 10. The number of hydrogen-bond donors (Lipinski definition) is 4. The van der Waals surface area contributed by atoms with Gasteiger partial charge in [-0.2, -0.15) is 4.98 Å². The van der Waals surface area contributed by atoms with Gasteiger partial charge in [0.25, 0.3) is 0 Å². The minimum atomic E-state index is -1.40. The molecule has 0 amide bonds. The zero-order valence-electron chi connectivity index (χ0n) is 15.5. The van der Waals surface area contributed by atoms with Crippen LogP contribution in [0, 0.1) is 0 Å². The van der Waals surface area contributed by atoms with Crippen molar-refractivity contribution in [3.8, 4) is 0 Å². The molecule has 0 spiro atoms. The Morgan fingerprint density at radius 3 is 2.82 bits per heavy atom. The lowest BCUT2D eigenvalue weighted by Crippen LogP contribution is -2.40. The molecule has 2 aliphatic heterocycles. The molecule has 0 saturated carbocycles. The average molecular weight is 399 g/mol. The number of aromatic nitrogens is 2. The molecule has 3 heterocycles. The SMILES string of the molecule is CCC[C@]1(C(=O)ONc2ccn([C@@H]3O[C@H](CO)[C@@H](O)[C@H]3O)c(=O)n2)CCCO1. The van der Waals surface area contributed by atoms with Crippen LogP contribution in [0.1, 0.15) is 38.8 Å². The minimum absolute atomic E-state index is 0.00834. The highest BCUT2D eigenvalue weighted by Crippen LogP contribution is 2.32. The molecule has 156 valence electrons. The zero-order valence-corrected chi connectivity index (χ0v) is 15.5. The Labute approximate surface area is 160 Å². The first-order valence-electron chi connectivity index (χ1n) is 9.25. The predicted octanol–water partition coefficient (Wildman–Crippen LogP) is -0.926. The standard InChI is InChI=1S/C17H25N3O8/c1-2-5-17(6-3-8-26-17)15(24)28-19-11-4-7-20(16(25)18-11)14-13(23)12(22)10(9-21)27-14/h4,7,10,12-14,21-23H,2-3,5-6,8-9H2,1H3,(H,18,19,25)/t10-,12-,13-,14-,17-/m1/s1. The Morgan fingerprint density at radius 1 is 1.46 bits per heavy atom. The van der Waals surface area contributed by atoms with Gasteiger partial charge in [-0.3, -0.25) is 4.57 Å². The first-order chi connectivity index (χ1) is 13.4. The highest BCUT2D eigenvalue weighted by molar-refractivity contribution is 5.80. The summed E-state index contributed by atoms with van der Waals surface area (Å²) in [6, 6.07) is 1.35. The number of rotatable bonds is 7. The van der Waals surface area contributed by atoms with Gasteiger partial charge in [0, 0.05) is 18.9 Å². The highest BCUT2D eigenvalue weighted by Gasteiger charge is 2.45. The van der Waals surface area contributed by atoms with Crippen LogP contribution in [0.2, 0.25) is 0 Å². The molecule has 2 fully saturated rings. The average Bonchev–Trinajstić information content (AvgIpc) is 3.27. The maximum atomic E-state index is 12.4. The van der Waals surface area contributed by atoms with Crippen molar-refractivity contribution in [1.82, 2.24) is 9.55 Å². The van der Waals surface area contributed by atoms with E-state index in [9.17, 15) is 19.8 Å². The highest BCUT2D eigenvalue weighted by atomic mass is 16.7. The van der Waals surface area contributed by atoms with Gasteiger partial charge >= 0.3 is 11.7 Å². The van der Waals surface area contributed by atoms with Crippen molar-refractivity contribution < 1.29 is 34.4 Å². The summed E-state index contributed by atoms with van der Waals surface area (Å²) in [5.74, 6) is -0.577. The number of nitrogens with zero attached hydrogens (tertiary/aromatic N) is 2. The van der Waals surface area contributed by atoms with Crippen LogP contribution in [0.3, 0.4) is 0 Å². The maximum absolute atomic E-state index is 12.4. The summed E-state index contributed by atoms with van der Waals surface area (Å²) in [7, 11) is 0. The number of anilines is 1. The van der Waals surface area contributed by atoms with Gasteiger partial charge in [0.2, 0.25) is 0 Å². The Morgan fingerprint density at radius 2 is 2.25 bits per heavy atom. The van der Waals surface area contributed by atoms with E-state index in [-0.39, 0.29) is 5.82 Å². The molecule has 11 nitrogen and oxygen atoms in total. The molecule has 28 heavy (non-hydrogen) atoms. The summed E-state index contributed by atoms with van der Waals surface area (Å²) >= 11 is 0. The molecule has 0 bridgehead atoms. The van der Waals surface area contributed by atoms with E-state index >= 15 is 0 Å². The normalized spacial score (nSPS) is 32.4. The minimum Gasteiger partial charge on any atom is -0.394 e. The number of carbonyl (C=O) groups is 1. The van der Waals surface area contributed by atoms with Crippen LogP contribution in [0.5, 0.6) is 0 Å². The van der Waals surface area contributed by atoms with Crippen molar-refractivity contribution in [1.29, 1.82) is 0 Å². The summed E-state index contributed by atoms with van der Waals surface area (Å²) in [4.78, 5) is 33.5. The molecule has 5 atom stereocenters. The van der Waals surface area contributed by atoms with E-state index in [1.165, 1.54) is 12.3 Å². The molecule has 0 aliphatic carbocycles. The third-order valence-corrected chi connectivity index (χ3v) is 5.00. The van der Waals surface area contributed by atoms with Crippen LogP contribution < -0.4 is 11.2 Å². The molecule has 11 heteroatoms. The van der Waals surface area contributed by atoms with Crippen LogP contribution in [0.25, 0.3) is 0 Å². The topological polar surface area (TPSA) is 152 Å². The van der Waals surface area contributed by atoms with Crippen molar-refractivity contribution in [3.05, 3.63) is 22.7 Å². The second-order valence-electron chi connectivity index (χ2n) is 6.92. The first-order valence-corrected chi connectivity index (χ1v) is 9.25. The van der Waals surface area contributed by atoms with Crippen molar-refractivity contribution in [2.75, 3.05) is 18.7 Å². The molecule has 3 rings (SSSR count). The summed E-state index contributed by atoms with van der Waals surface area (Å²) in [5.41, 5.74) is 0.583. The predicted molar refractivity (Wildman–Crippen MR) is 94.0 cm³/mol. The maximum Gasteiger partial charge on any atom is 0.363 e. The third kappa shape index (κ3) is 3.89. The Kier molecular flexibility index (Phi) is 6.30. The first kappa shape index (κ1) is 20.7. The zero-order chi connectivity index (χ0) is 20.3. The summed E-state index contributed by atoms with van der Waals surface area (Å²) < 4.78 is 11.9. The van der Waals surface area contributed by atoms with E-state index < -0.39 is 48.4 Å². The molecular formula is C17H25N3O8. The lowest BCUT2D eigenvalue weighted by Gasteiger charge is -2.25. The lowest BCUT2D eigenvalue weighted by molar-refractivity contribution is -0.164. The van der Waals surface area contributed by atoms with Gasteiger partial charge < -0.3 is 29.6 Å². The van der Waals surface area contributed by atoms with Crippen molar-refractivity contribution in [2.45, 2.75) is 62.7 Å². The Bertz CT molecular complexity index is 748. The van der Waals surface area contributed by atoms with E-state index in [4.69, 9.17) is 19.4 Å². The van der Waals surface area contributed by atoms with Gasteiger partial charge in [0.05, 0.1) is 6.61 Å². The Balaban J connectivity index is 1.66. The monoisotopic (exact) mass is 399 g/mol. The Hall–Kier alpha value is -2.05. The van der Waals surface area contributed by atoms with E-state index in [0.717, 1.165) is 17.4 Å². The number of aliphatic hydroxyl groups is 3. The lowest BCUT2D eigenvalue weighted by atomic mass is 9.95. The quantitative estimate of drug-likeness (QED) is 0.423. The smallest absolute Gasteiger partial charge is 0.363 e. The number of nitrogens with one attached hydrogen (secondary N) is 1. The number of carbonyl (C=O) groups excluding carboxylic acids is 1. The summed E-state index contributed by atoms with van der Waals surface area (Å²) in [6.07, 6.45) is -1.02. The van der Waals surface area contributed by atoms with Gasteiger partial charge in [0.15, 0.2) is 17.6 Å². The van der Waals surface area contributed by atoms with Crippen molar-refractivity contribution >= 4 is 11.8 Å². The molecular weight excluding hydrogens is 374 g/mol. The van der Waals surface area contributed by atoms with E-state index in [1.807, 2.05) is 6.92 Å². The van der Waals surface area contributed by atoms with Crippen LogP contribution in [0.4, 0.5) is 5.82 Å². The largest absolute Gasteiger partial charge is 0.394 e. The third-order valence-electron chi connectivity index (χ3n) is 5.00. The molecule has 0 aromatic carbocycles. The molecule has 2 aliphatic rings. The van der Waals surface area contributed by atoms with Gasteiger partial charge in [0.1, 0.15) is 18.3 Å². The fourth-order valence-electron chi connectivity index (χ4n) is 3.53. The van der Waals surface area contributed by atoms with E-state index in [2.05, 4.69) is 10.5 Å². The summed E-state index contributed by atoms with van der Waals surface area (Å²) in [6.45, 7) is 1.94. The summed E-state index contributed by atoms with van der Waals surface area (Å²) in [5, 5.41) is 28.9. The molecule has 1 aromatic rings. The molecule has 4 N–H and O–H groups in total. The molecule has 1 aromatic heterocycles. The second kappa shape index (κ2) is 8.53. The second-order valence-corrected chi connectivity index (χ2v) is 6.92. The number of aliphatic hydroxyl groups excluding tert-OH is 3. The van der Waals surface area contributed by atoms with Gasteiger partial charge in [-0.1, -0.05) is 13.3 Å². The molecule has 2 saturated heterocycles. The van der Waals surface area contributed by atoms with Gasteiger partial charge in [-0.25, -0.2) is 15.1 Å². The van der Waals surface area contributed by atoms with Gasteiger partial charge in [-0.05, 0) is 19.3 Å². The van der Waals surface area contributed by atoms with Crippen molar-refractivity contribution in [3.63, 3.8) is 0 Å². The van der Waals surface area contributed by atoms with Crippen LogP contribution >= 0.6 is 0 Å². The van der Waals surface area contributed by atoms with Crippen molar-refractivity contribution in [2.24, 2.45) is 0 Å². The molecule has 0 radical (unpaired) electrons. The van der Waals surface area contributed by atoms with Crippen LogP contribution in [-0.2, 0) is 19.1 Å².